The number of amides is 1. The fourth-order valence-corrected chi connectivity index (χ4v) is 2.55. The molecule has 0 aromatic heterocycles. The Morgan fingerprint density at radius 2 is 2.32 bits per heavy atom. The molecule has 1 aliphatic rings. The molecule has 1 atom stereocenters. The molecular weight excluding hydrogens is 310 g/mol. The van der Waals surface area contributed by atoms with Crippen LogP contribution < -0.4 is 4.90 Å². The molecule has 0 saturated carbocycles. The second kappa shape index (κ2) is 5.57. The molecule has 1 heterocycles. The number of esters is 1. The molecule has 5 heteroatoms. The number of nitrogens with zero attached hydrogens (tertiary/aromatic N) is 1. The number of anilines is 1. The first-order valence-corrected chi connectivity index (χ1v) is 6.67. The van der Waals surface area contributed by atoms with Crippen molar-refractivity contribution in [2.24, 2.45) is 5.92 Å². The van der Waals surface area contributed by atoms with Crippen molar-refractivity contribution in [2.75, 3.05) is 18.6 Å². The van der Waals surface area contributed by atoms with Gasteiger partial charge in [0.2, 0.25) is 5.91 Å². The molecule has 1 fully saturated rings. The summed E-state index contributed by atoms with van der Waals surface area (Å²) in [5.74, 6) is -0.227. The maximum atomic E-state index is 12.0. The van der Waals surface area contributed by atoms with Crippen molar-refractivity contribution in [2.45, 2.75) is 6.42 Å². The van der Waals surface area contributed by atoms with Gasteiger partial charge in [0.1, 0.15) is 0 Å². The van der Waals surface area contributed by atoms with Crippen LogP contribution in [-0.2, 0) is 9.53 Å². The van der Waals surface area contributed by atoms with Crippen molar-refractivity contribution in [3.63, 3.8) is 0 Å². The van der Waals surface area contributed by atoms with E-state index >= 15 is 0 Å². The highest BCUT2D eigenvalue weighted by Gasteiger charge is 2.30. The molecule has 1 unspecified atom stereocenters. The Morgan fingerprint density at radius 3 is 2.89 bits per heavy atom. The Balaban J connectivity index is 2.36. The third kappa shape index (κ3) is 2.71. The van der Waals surface area contributed by atoms with Gasteiger partial charge >= 0.3 is 5.97 Å². The highest BCUT2D eigenvalue weighted by molar-refractivity contribution is 9.10. The molecule has 0 bridgehead atoms. The normalized spacial score (nSPS) is 18.5. The van der Waals surface area contributed by atoms with Crippen molar-refractivity contribution >= 4 is 33.5 Å². The molecule has 0 aliphatic carbocycles. The SMILES string of the molecule is C=CC1CC(=O)N(c2cc(C(=O)OC)ccc2Br)C1. The zero-order valence-corrected chi connectivity index (χ0v) is 12.1. The zero-order chi connectivity index (χ0) is 14.0. The second-order valence-corrected chi connectivity index (χ2v) is 5.22. The Bertz CT molecular complexity index is 541. The first kappa shape index (κ1) is 13.8. The van der Waals surface area contributed by atoms with Crippen LogP contribution in [0.2, 0.25) is 0 Å². The lowest BCUT2D eigenvalue weighted by atomic mass is 10.1. The molecule has 1 saturated heterocycles. The number of carbonyl (C=O) groups excluding carboxylic acids is 2. The minimum Gasteiger partial charge on any atom is -0.465 e. The molecule has 1 amide bonds. The summed E-state index contributed by atoms with van der Waals surface area (Å²) < 4.78 is 5.47. The predicted molar refractivity (Wildman–Crippen MR) is 76.1 cm³/mol. The van der Waals surface area contributed by atoms with E-state index in [2.05, 4.69) is 27.2 Å². The molecule has 1 aliphatic heterocycles. The molecule has 4 nitrogen and oxygen atoms in total. The van der Waals surface area contributed by atoms with Crippen LogP contribution in [0, 0.1) is 5.92 Å². The van der Waals surface area contributed by atoms with E-state index in [4.69, 9.17) is 0 Å². The molecule has 19 heavy (non-hydrogen) atoms. The molecule has 0 spiro atoms. The van der Waals surface area contributed by atoms with E-state index in [0.29, 0.717) is 24.2 Å². The molecule has 100 valence electrons. The number of benzene rings is 1. The number of halogens is 1. The molecule has 1 aromatic rings. The number of methoxy groups -OCH3 is 1. The van der Waals surface area contributed by atoms with Gasteiger partial charge in [0.15, 0.2) is 0 Å². The summed E-state index contributed by atoms with van der Waals surface area (Å²) in [6.45, 7) is 4.31. The molecule has 2 rings (SSSR count). The summed E-state index contributed by atoms with van der Waals surface area (Å²) in [7, 11) is 1.33. The van der Waals surface area contributed by atoms with E-state index in [1.807, 2.05) is 0 Å². The summed E-state index contributed by atoms with van der Waals surface area (Å²) in [5, 5.41) is 0. The van der Waals surface area contributed by atoms with Gasteiger partial charge in [-0.1, -0.05) is 6.08 Å². The molecule has 0 N–H and O–H groups in total. The molecule has 1 aromatic carbocycles. The summed E-state index contributed by atoms with van der Waals surface area (Å²) in [6.07, 6.45) is 2.24. The Labute approximate surface area is 120 Å². The Morgan fingerprint density at radius 1 is 1.58 bits per heavy atom. The fraction of sp³-hybridized carbons (Fsp3) is 0.286. The van der Waals surface area contributed by atoms with E-state index < -0.39 is 5.97 Å². The summed E-state index contributed by atoms with van der Waals surface area (Å²) in [5.41, 5.74) is 1.12. The highest BCUT2D eigenvalue weighted by atomic mass is 79.9. The lowest BCUT2D eigenvalue weighted by Crippen LogP contribution is -2.25. The van der Waals surface area contributed by atoms with Gasteiger partial charge in [-0.25, -0.2) is 4.79 Å². The average Bonchev–Trinajstić information content (AvgIpc) is 2.79. The third-order valence-corrected chi connectivity index (χ3v) is 3.82. The Kier molecular flexibility index (Phi) is 4.04. The van der Waals surface area contributed by atoms with Crippen LogP contribution >= 0.6 is 15.9 Å². The fourth-order valence-electron chi connectivity index (χ4n) is 2.09. The van der Waals surface area contributed by atoms with Crippen LogP contribution in [0.1, 0.15) is 16.8 Å². The van der Waals surface area contributed by atoms with Crippen molar-refractivity contribution in [1.29, 1.82) is 0 Å². The third-order valence-electron chi connectivity index (χ3n) is 3.15. The minimum absolute atomic E-state index is 0.0348. The monoisotopic (exact) mass is 323 g/mol. The van der Waals surface area contributed by atoms with E-state index in [1.54, 1.807) is 29.2 Å². The lowest BCUT2D eigenvalue weighted by molar-refractivity contribution is -0.117. The predicted octanol–water partition coefficient (Wildman–Crippen LogP) is 2.77. The second-order valence-electron chi connectivity index (χ2n) is 4.36. The number of ether oxygens (including phenoxy) is 1. The Hall–Kier alpha value is -1.62. The van der Waals surface area contributed by atoms with Crippen LogP contribution in [0.25, 0.3) is 0 Å². The quantitative estimate of drug-likeness (QED) is 0.634. The minimum atomic E-state index is -0.416. The maximum absolute atomic E-state index is 12.0. The van der Waals surface area contributed by atoms with E-state index in [0.717, 1.165) is 4.47 Å². The zero-order valence-electron chi connectivity index (χ0n) is 10.6. The highest BCUT2D eigenvalue weighted by Crippen LogP contribution is 2.32. The van der Waals surface area contributed by atoms with Crippen molar-refractivity contribution in [3.05, 3.63) is 40.9 Å². The van der Waals surface area contributed by atoms with Crippen LogP contribution in [0.5, 0.6) is 0 Å². The van der Waals surface area contributed by atoms with E-state index in [-0.39, 0.29) is 11.8 Å². The van der Waals surface area contributed by atoms with Crippen LogP contribution in [0.4, 0.5) is 5.69 Å². The van der Waals surface area contributed by atoms with Crippen LogP contribution in [0.3, 0.4) is 0 Å². The van der Waals surface area contributed by atoms with Crippen molar-refractivity contribution in [3.8, 4) is 0 Å². The van der Waals surface area contributed by atoms with Gasteiger partial charge in [-0.3, -0.25) is 4.79 Å². The van der Waals surface area contributed by atoms with E-state index in [9.17, 15) is 9.59 Å². The van der Waals surface area contributed by atoms with Crippen molar-refractivity contribution in [1.82, 2.24) is 0 Å². The van der Waals surface area contributed by atoms with Gasteiger partial charge < -0.3 is 9.64 Å². The summed E-state index contributed by atoms with van der Waals surface area (Å²) in [6, 6.07) is 5.07. The van der Waals surface area contributed by atoms with Crippen molar-refractivity contribution < 1.29 is 14.3 Å². The van der Waals surface area contributed by atoms with Crippen LogP contribution in [0.15, 0.2) is 35.3 Å². The topological polar surface area (TPSA) is 46.6 Å². The van der Waals surface area contributed by atoms with Gasteiger partial charge in [0.05, 0.1) is 18.4 Å². The van der Waals surface area contributed by atoms with E-state index in [1.165, 1.54) is 7.11 Å². The average molecular weight is 324 g/mol. The lowest BCUT2D eigenvalue weighted by Gasteiger charge is -2.18. The van der Waals surface area contributed by atoms with Gasteiger partial charge in [0.25, 0.3) is 0 Å². The summed E-state index contributed by atoms with van der Waals surface area (Å²) in [4.78, 5) is 25.2. The standard InChI is InChI=1S/C14H14BrNO3/c1-3-9-6-13(17)16(8-9)12-7-10(14(18)19-2)4-5-11(12)15/h3-5,7,9H,1,6,8H2,2H3. The number of hydrogen-bond donors (Lipinski definition) is 0. The van der Waals surface area contributed by atoms with Gasteiger partial charge in [-0.2, -0.15) is 0 Å². The summed E-state index contributed by atoms with van der Waals surface area (Å²) >= 11 is 3.41. The van der Waals surface area contributed by atoms with Crippen LogP contribution in [-0.4, -0.2) is 25.5 Å². The largest absolute Gasteiger partial charge is 0.465 e. The number of carbonyl (C=O) groups is 2. The first-order valence-electron chi connectivity index (χ1n) is 5.87. The van der Waals surface area contributed by atoms with Gasteiger partial charge in [0, 0.05) is 23.4 Å². The number of rotatable bonds is 3. The van der Waals surface area contributed by atoms with Gasteiger partial charge in [-0.05, 0) is 34.1 Å². The molecular formula is C14H14BrNO3. The molecule has 0 radical (unpaired) electrons. The maximum Gasteiger partial charge on any atom is 0.337 e. The first-order chi connectivity index (χ1) is 9.06. The smallest absolute Gasteiger partial charge is 0.337 e. The van der Waals surface area contributed by atoms with Gasteiger partial charge in [-0.15, -0.1) is 6.58 Å². The number of hydrogen-bond acceptors (Lipinski definition) is 3.